The minimum atomic E-state index is -0.397. The predicted molar refractivity (Wildman–Crippen MR) is 198 cm³/mol. The first-order valence-electron chi connectivity index (χ1n) is 18.0. The molecule has 1 aliphatic carbocycles. The average Bonchev–Trinajstić information content (AvgIpc) is 3.50. The molecule has 1 spiro atoms. The summed E-state index contributed by atoms with van der Waals surface area (Å²) < 4.78 is 31.2. The van der Waals surface area contributed by atoms with Crippen molar-refractivity contribution in [2.45, 2.75) is 51.2 Å². The number of benzene rings is 2. The molecule has 0 amide bonds. The summed E-state index contributed by atoms with van der Waals surface area (Å²) in [4.78, 5) is 31.1. The number of aldehydes is 1. The van der Waals surface area contributed by atoms with Crippen LogP contribution in [0.2, 0.25) is 0 Å². The number of pyridine rings is 2. The molecular weight excluding hydrogens is 659 g/mol. The monoisotopic (exact) mass is 704 g/mol. The van der Waals surface area contributed by atoms with Gasteiger partial charge in [0.05, 0.1) is 31.4 Å². The fourth-order valence-corrected chi connectivity index (χ4v) is 8.59. The molecule has 2 aliphatic heterocycles. The van der Waals surface area contributed by atoms with Gasteiger partial charge in [0.15, 0.2) is 12.0 Å². The molecule has 5 heterocycles. The molecule has 0 radical (unpaired) electrons. The number of hydrogen-bond donors (Lipinski definition) is 1. The third kappa shape index (κ3) is 6.36. The number of aromatic nitrogens is 3. The SMILES string of the molecule is COc1cc(CN2CCN(C3CC4(C3)CN(c3ccc(C=O)c(Oc5cnc6[nH]cc(F)c6c5)c3)C4)C(c3ccccc3C(C)C)C2)cnc1OC. The van der Waals surface area contributed by atoms with Gasteiger partial charge < -0.3 is 24.1 Å². The predicted octanol–water partition coefficient (Wildman–Crippen LogP) is 7.37. The number of hydrogen-bond acceptors (Lipinski definition) is 9. The van der Waals surface area contributed by atoms with Crippen molar-refractivity contribution in [2.24, 2.45) is 5.41 Å². The molecule has 10 nitrogen and oxygen atoms in total. The lowest BCUT2D eigenvalue weighted by molar-refractivity contribution is -0.0647. The maximum absolute atomic E-state index is 14.2. The number of carbonyl (C=O) groups is 1. The number of methoxy groups -OCH3 is 2. The molecule has 2 saturated heterocycles. The van der Waals surface area contributed by atoms with Crippen LogP contribution in [0.25, 0.3) is 11.0 Å². The number of piperazine rings is 1. The second-order valence-electron chi connectivity index (χ2n) is 14.9. The average molecular weight is 705 g/mol. The Kier molecular flexibility index (Phi) is 9.09. The van der Waals surface area contributed by atoms with Crippen LogP contribution in [-0.2, 0) is 6.54 Å². The molecule has 3 fully saturated rings. The Bertz CT molecular complexity index is 2090. The number of halogens is 1. The molecule has 3 aliphatic rings. The number of aromatic amines is 1. The molecule has 1 saturated carbocycles. The van der Waals surface area contributed by atoms with Gasteiger partial charge >= 0.3 is 0 Å². The van der Waals surface area contributed by atoms with Crippen LogP contribution >= 0.6 is 0 Å². The summed E-state index contributed by atoms with van der Waals surface area (Å²) in [6.45, 7) is 10.2. The highest BCUT2D eigenvalue weighted by Gasteiger charge is 2.55. The van der Waals surface area contributed by atoms with Gasteiger partial charge in [0, 0.05) is 80.9 Å². The summed E-state index contributed by atoms with van der Waals surface area (Å²) >= 11 is 0. The summed E-state index contributed by atoms with van der Waals surface area (Å²) in [5, 5.41) is 0.345. The van der Waals surface area contributed by atoms with Crippen molar-refractivity contribution in [3.05, 3.63) is 101 Å². The lowest BCUT2D eigenvalue weighted by Gasteiger charge is -2.63. The number of fused-ring (bicyclic) bond motifs is 1. The van der Waals surface area contributed by atoms with Gasteiger partial charge in [-0.2, -0.15) is 0 Å². The molecule has 5 aromatic rings. The van der Waals surface area contributed by atoms with Gasteiger partial charge in [0.25, 0.3) is 5.88 Å². The highest BCUT2D eigenvalue weighted by Crippen LogP contribution is 2.53. The Balaban J connectivity index is 0.957. The normalized spacial score (nSPS) is 19.1. The van der Waals surface area contributed by atoms with Crippen molar-refractivity contribution in [2.75, 3.05) is 51.8 Å². The van der Waals surface area contributed by atoms with Gasteiger partial charge in [-0.05, 0) is 59.7 Å². The van der Waals surface area contributed by atoms with E-state index in [1.54, 1.807) is 26.4 Å². The second kappa shape index (κ2) is 13.9. The number of carbonyl (C=O) groups excluding carboxylic acids is 1. The fraction of sp³-hybridized carbons (Fsp3) is 0.390. The quantitative estimate of drug-likeness (QED) is 0.142. The summed E-state index contributed by atoms with van der Waals surface area (Å²) in [5.41, 5.74) is 6.14. The van der Waals surface area contributed by atoms with E-state index in [-0.39, 0.29) is 5.41 Å². The van der Waals surface area contributed by atoms with E-state index in [9.17, 15) is 9.18 Å². The maximum atomic E-state index is 14.2. The summed E-state index contributed by atoms with van der Waals surface area (Å²) in [6, 6.07) is 19.1. The number of anilines is 1. The summed E-state index contributed by atoms with van der Waals surface area (Å²) in [6.07, 6.45) is 7.81. The molecule has 11 heteroatoms. The van der Waals surface area contributed by atoms with Gasteiger partial charge in [-0.15, -0.1) is 0 Å². The van der Waals surface area contributed by atoms with Crippen LogP contribution in [0.4, 0.5) is 10.1 Å². The third-order valence-electron chi connectivity index (χ3n) is 11.2. The van der Waals surface area contributed by atoms with Crippen LogP contribution in [0.5, 0.6) is 23.1 Å². The first-order chi connectivity index (χ1) is 25.3. The van der Waals surface area contributed by atoms with Crippen LogP contribution in [0.3, 0.4) is 0 Å². The van der Waals surface area contributed by atoms with Crippen LogP contribution in [0.15, 0.2) is 73.2 Å². The smallest absolute Gasteiger partial charge is 0.256 e. The Morgan fingerprint density at radius 3 is 2.60 bits per heavy atom. The molecule has 8 rings (SSSR count). The summed E-state index contributed by atoms with van der Waals surface area (Å²) in [7, 11) is 3.26. The minimum Gasteiger partial charge on any atom is -0.491 e. The van der Waals surface area contributed by atoms with Crippen LogP contribution in [0, 0.1) is 11.2 Å². The van der Waals surface area contributed by atoms with Crippen molar-refractivity contribution in [1.82, 2.24) is 24.8 Å². The molecule has 3 aromatic heterocycles. The van der Waals surface area contributed by atoms with Crippen molar-refractivity contribution in [1.29, 1.82) is 0 Å². The standard InChI is InChI=1S/C41H45FN6O4/c1-26(2)32-7-5-6-8-33(32)36-22-46(21-27-13-38(50-3)40(51-4)45-18-27)11-12-48(36)30-16-41(17-30)24-47(25-41)29-10-9-28(23-49)37(14-29)52-31-15-34-35(42)20-44-39(34)43-19-31/h5-10,13-15,18-20,23,26,30,36H,11-12,16-17,21-22,24-25H2,1-4H3,(H,43,44). The van der Waals surface area contributed by atoms with E-state index < -0.39 is 5.82 Å². The van der Waals surface area contributed by atoms with Gasteiger partial charge in [0.2, 0.25) is 0 Å². The highest BCUT2D eigenvalue weighted by molar-refractivity contribution is 5.82. The van der Waals surface area contributed by atoms with E-state index in [4.69, 9.17) is 14.2 Å². The van der Waals surface area contributed by atoms with Gasteiger partial charge in [-0.25, -0.2) is 14.4 Å². The Labute approximate surface area is 303 Å². The van der Waals surface area contributed by atoms with Crippen molar-refractivity contribution in [3.8, 4) is 23.1 Å². The van der Waals surface area contributed by atoms with Crippen LogP contribution in [-0.4, -0.2) is 84.0 Å². The Morgan fingerprint density at radius 2 is 1.83 bits per heavy atom. The van der Waals surface area contributed by atoms with Crippen molar-refractivity contribution >= 4 is 23.0 Å². The zero-order chi connectivity index (χ0) is 36.0. The van der Waals surface area contributed by atoms with E-state index in [0.29, 0.717) is 57.7 Å². The number of ether oxygens (including phenoxy) is 3. The lowest BCUT2D eigenvalue weighted by atomic mass is 9.59. The van der Waals surface area contributed by atoms with Gasteiger partial charge in [0.1, 0.15) is 23.0 Å². The fourth-order valence-electron chi connectivity index (χ4n) is 8.59. The summed E-state index contributed by atoms with van der Waals surface area (Å²) in [5.74, 6) is 2.01. The Hall–Kier alpha value is -5.00. The third-order valence-corrected chi connectivity index (χ3v) is 11.2. The maximum Gasteiger partial charge on any atom is 0.256 e. The van der Waals surface area contributed by atoms with Crippen molar-refractivity contribution in [3.63, 3.8) is 0 Å². The zero-order valence-electron chi connectivity index (χ0n) is 30.1. The largest absolute Gasteiger partial charge is 0.491 e. The molecule has 1 unspecified atom stereocenters. The molecule has 1 N–H and O–H groups in total. The van der Waals surface area contributed by atoms with E-state index in [2.05, 4.69) is 67.8 Å². The number of nitrogens with zero attached hydrogens (tertiary/aromatic N) is 5. The van der Waals surface area contributed by atoms with Crippen LogP contribution < -0.4 is 19.1 Å². The van der Waals surface area contributed by atoms with E-state index >= 15 is 0 Å². The minimum absolute atomic E-state index is 0.278. The molecule has 0 bridgehead atoms. The zero-order valence-corrected chi connectivity index (χ0v) is 30.1. The van der Waals surface area contributed by atoms with E-state index in [1.165, 1.54) is 23.5 Å². The molecular formula is C41H45FN6O4. The molecule has 2 aromatic carbocycles. The molecule has 1 atom stereocenters. The van der Waals surface area contributed by atoms with E-state index in [0.717, 1.165) is 69.6 Å². The van der Waals surface area contributed by atoms with E-state index in [1.807, 2.05) is 24.4 Å². The molecule has 52 heavy (non-hydrogen) atoms. The van der Waals surface area contributed by atoms with Gasteiger partial charge in [-0.3, -0.25) is 14.6 Å². The number of rotatable bonds is 11. The first-order valence-corrected chi connectivity index (χ1v) is 18.0. The number of nitrogens with one attached hydrogen (secondary N) is 1. The van der Waals surface area contributed by atoms with Crippen molar-refractivity contribution < 1.29 is 23.4 Å². The number of H-pyrrole nitrogens is 1. The van der Waals surface area contributed by atoms with Crippen LogP contribution in [0.1, 0.15) is 65.7 Å². The highest BCUT2D eigenvalue weighted by atomic mass is 19.1. The first kappa shape index (κ1) is 34.1. The van der Waals surface area contributed by atoms with Gasteiger partial charge in [-0.1, -0.05) is 38.1 Å². The Morgan fingerprint density at radius 1 is 1.00 bits per heavy atom. The topological polar surface area (TPSA) is 96.1 Å². The molecule has 270 valence electrons. The lowest BCUT2D eigenvalue weighted by Crippen LogP contribution is -2.68. The second-order valence-corrected chi connectivity index (χ2v) is 14.9.